The number of hydrogen-bond donors (Lipinski definition) is 0. The molecule has 1 amide bonds. The lowest BCUT2D eigenvalue weighted by atomic mass is 10.1. The predicted octanol–water partition coefficient (Wildman–Crippen LogP) is 4.88. The number of likely N-dealkylation sites (N-methyl/N-ethyl adjacent to an activating group) is 1. The molecule has 0 aliphatic rings. The van der Waals surface area contributed by atoms with Gasteiger partial charge in [-0.3, -0.25) is 9.69 Å². The molecule has 26 heavy (non-hydrogen) atoms. The van der Waals surface area contributed by atoms with Gasteiger partial charge < -0.3 is 4.90 Å². The first kappa shape index (κ1) is 19.0. The largest absolute Gasteiger partial charge is 0.308 e. The molecule has 0 fully saturated rings. The number of halogens is 1. The van der Waals surface area contributed by atoms with Crippen LogP contribution in [0.1, 0.15) is 21.5 Å². The first-order chi connectivity index (χ1) is 12.4. The Morgan fingerprint density at radius 3 is 2.58 bits per heavy atom. The van der Waals surface area contributed by atoms with Crippen molar-refractivity contribution in [1.29, 1.82) is 0 Å². The normalized spacial score (nSPS) is 11.3. The van der Waals surface area contributed by atoms with E-state index < -0.39 is 0 Å². The third-order valence-corrected chi connectivity index (χ3v) is 6.08. The van der Waals surface area contributed by atoms with E-state index in [1.807, 2.05) is 38.4 Å². The summed E-state index contributed by atoms with van der Waals surface area (Å²) in [5, 5.41) is 0.747. The lowest BCUT2D eigenvalue weighted by Crippen LogP contribution is -2.36. The molecule has 0 spiro atoms. The fraction of sp³-hybridized carbons (Fsp3) is 0.300. The van der Waals surface area contributed by atoms with Crippen LogP contribution in [0.25, 0.3) is 10.2 Å². The van der Waals surface area contributed by atoms with Crippen molar-refractivity contribution in [2.45, 2.75) is 13.8 Å². The zero-order valence-corrected chi connectivity index (χ0v) is 17.8. The van der Waals surface area contributed by atoms with Gasteiger partial charge in [0.25, 0.3) is 5.91 Å². The molecule has 3 rings (SSSR count). The standard InChI is InChI=1S/C20H22BrN3OS/c1-13-11-14(2)18-17(12-13)22-20(26-18)24(10-9-23(3)4)19(25)15-7-5-6-8-16(15)21/h5-8,11-12H,9-10H2,1-4H3. The molecule has 6 heteroatoms. The average Bonchev–Trinajstić information content (AvgIpc) is 2.99. The summed E-state index contributed by atoms with van der Waals surface area (Å²) in [6.45, 7) is 5.52. The van der Waals surface area contributed by atoms with Crippen molar-refractivity contribution in [2.24, 2.45) is 0 Å². The van der Waals surface area contributed by atoms with Crippen molar-refractivity contribution in [3.8, 4) is 0 Å². The maximum absolute atomic E-state index is 13.3. The monoisotopic (exact) mass is 431 g/mol. The predicted molar refractivity (Wildman–Crippen MR) is 113 cm³/mol. The fourth-order valence-electron chi connectivity index (χ4n) is 2.84. The summed E-state index contributed by atoms with van der Waals surface area (Å²) in [5.41, 5.74) is 3.99. The Morgan fingerprint density at radius 1 is 1.15 bits per heavy atom. The molecule has 0 aliphatic heterocycles. The highest BCUT2D eigenvalue weighted by atomic mass is 79.9. The van der Waals surface area contributed by atoms with Gasteiger partial charge in [-0.2, -0.15) is 0 Å². The number of anilines is 1. The summed E-state index contributed by atoms with van der Waals surface area (Å²) in [5.74, 6) is -0.0345. The van der Waals surface area contributed by atoms with E-state index in [4.69, 9.17) is 4.98 Å². The van der Waals surface area contributed by atoms with E-state index in [9.17, 15) is 4.79 Å². The molecule has 2 aromatic carbocycles. The molecule has 1 heterocycles. The van der Waals surface area contributed by atoms with Gasteiger partial charge in [-0.1, -0.05) is 29.5 Å². The van der Waals surface area contributed by atoms with Crippen molar-refractivity contribution in [1.82, 2.24) is 9.88 Å². The summed E-state index contributed by atoms with van der Waals surface area (Å²) >= 11 is 5.08. The van der Waals surface area contributed by atoms with Gasteiger partial charge in [0.05, 0.1) is 15.8 Å². The Labute approximate surface area is 166 Å². The highest BCUT2D eigenvalue weighted by Crippen LogP contribution is 2.33. The minimum absolute atomic E-state index is 0.0345. The number of rotatable bonds is 5. The molecule has 3 aromatic rings. The van der Waals surface area contributed by atoms with Gasteiger partial charge in [-0.05, 0) is 73.2 Å². The molecule has 0 unspecified atom stereocenters. The summed E-state index contributed by atoms with van der Waals surface area (Å²) in [6, 6.07) is 11.8. The number of aromatic nitrogens is 1. The van der Waals surface area contributed by atoms with E-state index >= 15 is 0 Å². The van der Waals surface area contributed by atoms with Gasteiger partial charge in [0.2, 0.25) is 0 Å². The van der Waals surface area contributed by atoms with E-state index in [1.165, 1.54) is 11.1 Å². The fourth-order valence-corrected chi connectivity index (χ4v) is 4.34. The molecule has 0 bridgehead atoms. The van der Waals surface area contributed by atoms with Gasteiger partial charge in [-0.25, -0.2) is 4.98 Å². The molecule has 0 radical (unpaired) electrons. The maximum Gasteiger partial charge on any atom is 0.261 e. The number of nitrogens with zero attached hydrogens (tertiary/aromatic N) is 3. The lowest BCUT2D eigenvalue weighted by molar-refractivity contribution is 0.0984. The first-order valence-corrected chi connectivity index (χ1v) is 10.1. The lowest BCUT2D eigenvalue weighted by Gasteiger charge is -2.22. The van der Waals surface area contributed by atoms with Crippen LogP contribution in [-0.2, 0) is 0 Å². The Balaban J connectivity index is 2.05. The quantitative estimate of drug-likeness (QED) is 0.577. The highest BCUT2D eigenvalue weighted by molar-refractivity contribution is 9.10. The van der Waals surface area contributed by atoms with Gasteiger partial charge in [-0.15, -0.1) is 0 Å². The second-order valence-electron chi connectivity index (χ2n) is 6.67. The van der Waals surface area contributed by atoms with Crippen molar-refractivity contribution in [3.05, 3.63) is 57.6 Å². The van der Waals surface area contributed by atoms with E-state index in [0.717, 1.165) is 26.4 Å². The van der Waals surface area contributed by atoms with Crippen LogP contribution in [0.15, 0.2) is 40.9 Å². The smallest absolute Gasteiger partial charge is 0.261 e. The van der Waals surface area contributed by atoms with Crippen LogP contribution in [0.4, 0.5) is 5.13 Å². The van der Waals surface area contributed by atoms with Crippen LogP contribution >= 0.6 is 27.3 Å². The molecular formula is C20H22BrN3OS. The van der Waals surface area contributed by atoms with Crippen LogP contribution in [0.5, 0.6) is 0 Å². The van der Waals surface area contributed by atoms with Crippen molar-refractivity contribution < 1.29 is 4.79 Å². The summed E-state index contributed by atoms with van der Waals surface area (Å²) in [4.78, 5) is 21.9. The van der Waals surface area contributed by atoms with Gasteiger partial charge in [0.15, 0.2) is 5.13 Å². The summed E-state index contributed by atoms with van der Waals surface area (Å²) in [6.07, 6.45) is 0. The zero-order valence-electron chi connectivity index (χ0n) is 15.4. The van der Waals surface area contributed by atoms with Gasteiger partial charge in [0, 0.05) is 17.6 Å². The molecule has 4 nitrogen and oxygen atoms in total. The van der Waals surface area contributed by atoms with E-state index in [2.05, 4.69) is 46.8 Å². The number of fused-ring (bicyclic) bond motifs is 1. The number of benzene rings is 2. The van der Waals surface area contributed by atoms with Gasteiger partial charge in [0.1, 0.15) is 0 Å². The first-order valence-electron chi connectivity index (χ1n) is 8.45. The van der Waals surface area contributed by atoms with Crippen LogP contribution < -0.4 is 4.90 Å². The molecule has 0 atom stereocenters. The Hall–Kier alpha value is -1.76. The third kappa shape index (κ3) is 3.98. The van der Waals surface area contributed by atoms with E-state index in [-0.39, 0.29) is 5.91 Å². The van der Waals surface area contributed by atoms with Crippen molar-refractivity contribution in [2.75, 3.05) is 32.1 Å². The minimum Gasteiger partial charge on any atom is -0.308 e. The van der Waals surface area contributed by atoms with E-state index in [0.29, 0.717) is 12.1 Å². The topological polar surface area (TPSA) is 36.4 Å². The minimum atomic E-state index is -0.0345. The van der Waals surface area contributed by atoms with Gasteiger partial charge >= 0.3 is 0 Å². The number of carbonyl (C=O) groups is 1. The average molecular weight is 432 g/mol. The number of thiazole rings is 1. The zero-order chi connectivity index (χ0) is 18.8. The Bertz CT molecular complexity index is 951. The van der Waals surface area contributed by atoms with E-state index in [1.54, 1.807) is 16.2 Å². The van der Waals surface area contributed by atoms with Crippen LogP contribution in [0.2, 0.25) is 0 Å². The van der Waals surface area contributed by atoms with Crippen molar-refractivity contribution in [3.63, 3.8) is 0 Å². The SMILES string of the molecule is Cc1cc(C)c2sc(N(CCN(C)C)C(=O)c3ccccc3Br)nc2c1. The molecule has 0 saturated heterocycles. The Kier molecular flexibility index (Phi) is 5.75. The molecule has 0 saturated carbocycles. The number of carbonyl (C=O) groups excluding carboxylic acids is 1. The molecule has 136 valence electrons. The van der Waals surface area contributed by atoms with Crippen LogP contribution in [0.3, 0.4) is 0 Å². The summed E-state index contributed by atoms with van der Waals surface area (Å²) in [7, 11) is 4.01. The molecule has 1 aromatic heterocycles. The maximum atomic E-state index is 13.3. The number of amides is 1. The molecular weight excluding hydrogens is 410 g/mol. The second kappa shape index (κ2) is 7.86. The number of hydrogen-bond acceptors (Lipinski definition) is 4. The highest BCUT2D eigenvalue weighted by Gasteiger charge is 2.23. The van der Waals surface area contributed by atoms with Crippen LogP contribution in [0, 0.1) is 13.8 Å². The Morgan fingerprint density at radius 2 is 1.88 bits per heavy atom. The molecule has 0 N–H and O–H groups in total. The summed E-state index contributed by atoms with van der Waals surface area (Å²) < 4.78 is 1.94. The van der Waals surface area contributed by atoms with Crippen LogP contribution in [-0.4, -0.2) is 43.0 Å². The third-order valence-electron chi connectivity index (χ3n) is 4.16. The second-order valence-corrected chi connectivity index (χ2v) is 8.50. The van der Waals surface area contributed by atoms with Crippen molar-refractivity contribution >= 4 is 48.5 Å². The number of aryl methyl sites for hydroxylation is 2. The molecule has 0 aliphatic carbocycles.